The molecular weight excluding hydrogens is 314 g/mol. The molecule has 5 nitrogen and oxygen atoms in total. The molecule has 2 atom stereocenters. The Kier molecular flexibility index (Phi) is 5.81. The summed E-state index contributed by atoms with van der Waals surface area (Å²) in [5.41, 5.74) is 7.53. The highest BCUT2D eigenvalue weighted by molar-refractivity contribution is 5.81. The Labute approximate surface area is 148 Å². The highest BCUT2D eigenvalue weighted by Crippen LogP contribution is 2.23. The van der Waals surface area contributed by atoms with Crippen LogP contribution in [0, 0.1) is 0 Å². The lowest BCUT2D eigenvalue weighted by Crippen LogP contribution is -2.51. The van der Waals surface area contributed by atoms with Crippen molar-refractivity contribution in [3.63, 3.8) is 0 Å². The third-order valence-corrected chi connectivity index (χ3v) is 4.77. The molecule has 132 valence electrons. The number of piperazine rings is 1. The van der Waals surface area contributed by atoms with Gasteiger partial charge in [0.1, 0.15) is 6.04 Å². The molecule has 0 spiro atoms. The lowest BCUT2D eigenvalue weighted by Gasteiger charge is -2.38. The van der Waals surface area contributed by atoms with Crippen LogP contribution in [0.1, 0.15) is 23.3 Å². The summed E-state index contributed by atoms with van der Waals surface area (Å²) in [4.78, 5) is 16.3. The number of carbonyl (C=O) groups excluding carboxylic acids is 1. The van der Waals surface area contributed by atoms with Crippen molar-refractivity contribution in [3.05, 3.63) is 71.8 Å². The summed E-state index contributed by atoms with van der Waals surface area (Å²) in [6, 6.07) is 19.0. The number of aliphatic hydroxyl groups is 1. The van der Waals surface area contributed by atoms with E-state index in [1.54, 1.807) is 0 Å². The van der Waals surface area contributed by atoms with Crippen molar-refractivity contribution in [2.24, 2.45) is 5.73 Å². The first-order valence-electron chi connectivity index (χ1n) is 8.69. The molecule has 5 heteroatoms. The van der Waals surface area contributed by atoms with Crippen LogP contribution in [-0.2, 0) is 4.79 Å². The minimum atomic E-state index is -0.492. The topological polar surface area (TPSA) is 69.8 Å². The van der Waals surface area contributed by atoms with Crippen LogP contribution < -0.4 is 5.73 Å². The van der Waals surface area contributed by atoms with E-state index in [1.165, 1.54) is 0 Å². The molecule has 0 aliphatic carbocycles. The molecule has 0 saturated carbocycles. The molecule has 3 rings (SSSR count). The van der Waals surface area contributed by atoms with E-state index in [2.05, 4.69) is 9.80 Å². The van der Waals surface area contributed by atoms with Gasteiger partial charge in [-0.3, -0.25) is 14.6 Å². The number of nitrogens with two attached hydrogens (primary N) is 1. The monoisotopic (exact) mass is 339 g/mol. The summed E-state index contributed by atoms with van der Waals surface area (Å²) in [6.45, 7) is 3.72. The van der Waals surface area contributed by atoms with Gasteiger partial charge in [-0.05, 0) is 11.1 Å². The van der Waals surface area contributed by atoms with Crippen molar-refractivity contribution >= 4 is 5.91 Å². The van der Waals surface area contributed by atoms with Crippen molar-refractivity contribution in [2.45, 2.75) is 12.1 Å². The van der Waals surface area contributed by atoms with Gasteiger partial charge in [0.2, 0.25) is 5.91 Å². The summed E-state index contributed by atoms with van der Waals surface area (Å²) in [5, 5.41) is 10.4. The number of β-amino-alcohol motifs (C(OH)–C–C–N with tert-alkyl or cyclic N) is 1. The van der Waals surface area contributed by atoms with Crippen LogP contribution in [0.25, 0.3) is 0 Å². The van der Waals surface area contributed by atoms with Gasteiger partial charge in [0.05, 0.1) is 6.10 Å². The molecule has 1 fully saturated rings. The van der Waals surface area contributed by atoms with Gasteiger partial charge in [0.15, 0.2) is 0 Å². The smallest absolute Gasteiger partial charge is 0.239 e. The number of hydrogen-bond donors (Lipinski definition) is 2. The first-order valence-corrected chi connectivity index (χ1v) is 8.69. The van der Waals surface area contributed by atoms with Gasteiger partial charge in [-0.1, -0.05) is 60.7 Å². The summed E-state index contributed by atoms with van der Waals surface area (Å²) >= 11 is 0. The molecule has 0 unspecified atom stereocenters. The number of primary amides is 1. The van der Waals surface area contributed by atoms with E-state index in [-0.39, 0.29) is 11.9 Å². The first kappa shape index (κ1) is 17.6. The molecule has 1 saturated heterocycles. The standard InChI is InChI=1S/C20H25N3O2/c21-20(25)19(17-9-5-2-6-10-17)23-13-11-22(12-14-23)15-18(24)16-7-3-1-4-8-16/h1-10,18-19,24H,11-15H2,(H2,21,25)/t18-,19-/m0/s1. The van der Waals surface area contributed by atoms with Crippen molar-refractivity contribution in [1.29, 1.82) is 0 Å². The molecule has 1 heterocycles. The predicted molar refractivity (Wildman–Crippen MR) is 97.8 cm³/mol. The lowest BCUT2D eigenvalue weighted by molar-refractivity contribution is -0.124. The molecular formula is C20H25N3O2. The Morgan fingerprint density at radius 2 is 1.44 bits per heavy atom. The first-order chi connectivity index (χ1) is 12.1. The molecule has 1 aliphatic rings. The molecule has 1 amide bonds. The summed E-state index contributed by atoms with van der Waals surface area (Å²) in [6.07, 6.45) is -0.492. The van der Waals surface area contributed by atoms with Crippen LogP contribution in [0.4, 0.5) is 0 Å². The van der Waals surface area contributed by atoms with Gasteiger partial charge in [-0.2, -0.15) is 0 Å². The largest absolute Gasteiger partial charge is 0.387 e. The van der Waals surface area contributed by atoms with Gasteiger partial charge < -0.3 is 10.8 Å². The Hall–Kier alpha value is -2.21. The van der Waals surface area contributed by atoms with Crippen LogP contribution in [0.2, 0.25) is 0 Å². The van der Waals surface area contributed by atoms with E-state index in [4.69, 9.17) is 5.73 Å². The molecule has 25 heavy (non-hydrogen) atoms. The molecule has 3 N–H and O–H groups in total. The Morgan fingerprint density at radius 3 is 1.96 bits per heavy atom. The van der Waals surface area contributed by atoms with Gasteiger partial charge in [-0.15, -0.1) is 0 Å². The fourth-order valence-corrected chi connectivity index (χ4v) is 3.42. The maximum Gasteiger partial charge on any atom is 0.239 e. The fourth-order valence-electron chi connectivity index (χ4n) is 3.42. The second-order valence-electron chi connectivity index (χ2n) is 6.48. The van der Waals surface area contributed by atoms with E-state index in [1.807, 2.05) is 60.7 Å². The summed E-state index contributed by atoms with van der Waals surface area (Å²) < 4.78 is 0. The van der Waals surface area contributed by atoms with Gasteiger partial charge in [0.25, 0.3) is 0 Å². The van der Waals surface area contributed by atoms with E-state index < -0.39 is 6.10 Å². The van der Waals surface area contributed by atoms with E-state index in [9.17, 15) is 9.90 Å². The zero-order chi connectivity index (χ0) is 17.6. The van der Waals surface area contributed by atoms with Crippen LogP contribution >= 0.6 is 0 Å². The van der Waals surface area contributed by atoms with Crippen LogP contribution in [0.3, 0.4) is 0 Å². The number of benzene rings is 2. The van der Waals surface area contributed by atoms with E-state index in [0.717, 1.165) is 37.3 Å². The predicted octanol–water partition coefficient (Wildman–Crippen LogP) is 1.56. The minimum absolute atomic E-state index is 0.316. The quantitative estimate of drug-likeness (QED) is 0.838. The number of nitrogens with zero attached hydrogens (tertiary/aromatic N) is 2. The van der Waals surface area contributed by atoms with Crippen molar-refractivity contribution in [1.82, 2.24) is 9.80 Å². The molecule has 0 radical (unpaired) electrons. The third-order valence-electron chi connectivity index (χ3n) is 4.77. The van der Waals surface area contributed by atoms with E-state index >= 15 is 0 Å². The minimum Gasteiger partial charge on any atom is -0.387 e. The SMILES string of the molecule is NC(=O)[C@H](c1ccccc1)N1CCN(C[C@H](O)c2ccccc2)CC1. The van der Waals surface area contributed by atoms with Gasteiger partial charge in [0, 0.05) is 32.7 Å². The normalized spacial score (nSPS) is 18.6. The molecule has 0 aromatic heterocycles. The van der Waals surface area contributed by atoms with Gasteiger partial charge in [-0.25, -0.2) is 0 Å². The van der Waals surface area contributed by atoms with Crippen LogP contribution in [0.15, 0.2) is 60.7 Å². The van der Waals surface area contributed by atoms with Crippen molar-refractivity contribution in [2.75, 3.05) is 32.7 Å². The molecule has 1 aliphatic heterocycles. The van der Waals surface area contributed by atoms with Gasteiger partial charge >= 0.3 is 0 Å². The lowest BCUT2D eigenvalue weighted by atomic mass is 10.0. The zero-order valence-electron chi connectivity index (χ0n) is 14.3. The number of rotatable bonds is 6. The highest BCUT2D eigenvalue weighted by atomic mass is 16.3. The van der Waals surface area contributed by atoms with Crippen molar-refractivity contribution in [3.8, 4) is 0 Å². The van der Waals surface area contributed by atoms with Crippen LogP contribution in [-0.4, -0.2) is 53.5 Å². The average molecular weight is 339 g/mol. The number of hydrogen-bond acceptors (Lipinski definition) is 4. The van der Waals surface area contributed by atoms with Crippen LogP contribution in [0.5, 0.6) is 0 Å². The molecule has 2 aromatic rings. The number of carbonyl (C=O) groups is 1. The zero-order valence-corrected chi connectivity index (χ0v) is 14.3. The van der Waals surface area contributed by atoms with Crippen molar-refractivity contribution < 1.29 is 9.90 Å². The number of amides is 1. The Bertz CT molecular complexity index is 670. The number of aliphatic hydroxyl groups excluding tert-OH is 1. The fraction of sp³-hybridized carbons (Fsp3) is 0.350. The summed E-state index contributed by atoms with van der Waals surface area (Å²) in [5.74, 6) is -0.316. The second kappa shape index (κ2) is 8.25. The average Bonchev–Trinajstić information content (AvgIpc) is 2.65. The highest BCUT2D eigenvalue weighted by Gasteiger charge is 2.29. The Morgan fingerprint density at radius 1 is 0.920 bits per heavy atom. The molecule has 2 aromatic carbocycles. The third kappa shape index (κ3) is 4.45. The maximum atomic E-state index is 12.0. The Balaban J connectivity index is 1.58. The maximum absolute atomic E-state index is 12.0. The summed E-state index contributed by atoms with van der Waals surface area (Å²) in [7, 11) is 0. The van der Waals surface area contributed by atoms with E-state index in [0.29, 0.717) is 6.54 Å². The second-order valence-corrected chi connectivity index (χ2v) is 6.48. The molecule has 0 bridgehead atoms.